The summed E-state index contributed by atoms with van der Waals surface area (Å²) >= 11 is 0. The highest BCUT2D eigenvalue weighted by Gasteiger charge is 2.09. The predicted octanol–water partition coefficient (Wildman–Crippen LogP) is 3.27. The van der Waals surface area contributed by atoms with Gasteiger partial charge in [0.25, 0.3) is 0 Å². The Bertz CT molecular complexity index is 739. The van der Waals surface area contributed by atoms with E-state index in [9.17, 15) is 0 Å². The zero-order valence-electron chi connectivity index (χ0n) is 12.1. The SMILES string of the molecule is CN(C)c1ncccc1-c1ccnc(-c2ccccn2)c1. The van der Waals surface area contributed by atoms with Gasteiger partial charge < -0.3 is 4.90 Å². The van der Waals surface area contributed by atoms with E-state index >= 15 is 0 Å². The zero-order chi connectivity index (χ0) is 14.7. The fourth-order valence-corrected chi connectivity index (χ4v) is 2.23. The van der Waals surface area contributed by atoms with Gasteiger partial charge in [-0.2, -0.15) is 0 Å². The van der Waals surface area contributed by atoms with E-state index in [1.807, 2.05) is 61.6 Å². The summed E-state index contributed by atoms with van der Waals surface area (Å²) in [6.45, 7) is 0. The Morgan fingerprint density at radius 2 is 1.57 bits per heavy atom. The fraction of sp³-hybridized carbons (Fsp3) is 0.118. The van der Waals surface area contributed by atoms with Crippen molar-refractivity contribution in [3.63, 3.8) is 0 Å². The van der Waals surface area contributed by atoms with Crippen LogP contribution in [0.5, 0.6) is 0 Å². The summed E-state index contributed by atoms with van der Waals surface area (Å²) in [6, 6.07) is 13.9. The molecule has 0 amide bonds. The number of pyridine rings is 3. The van der Waals surface area contributed by atoms with Crippen molar-refractivity contribution in [1.29, 1.82) is 0 Å². The van der Waals surface area contributed by atoms with Crippen molar-refractivity contribution in [3.8, 4) is 22.5 Å². The Hall–Kier alpha value is -2.75. The van der Waals surface area contributed by atoms with Crippen molar-refractivity contribution in [3.05, 3.63) is 61.1 Å². The van der Waals surface area contributed by atoms with Gasteiger partial charge in [-0.15, -0.1) is 0 Å². The summed E-state index contributed by atoms with van der Waals surface area (Å²) in [5.74, 6) is 0.940. The van der Waals surface area contributed by atoms with Crippen molar-refractivity contribution < 1.29 is 0 Å². The quantitative estimate of drug-likeness (QED) is 0.736. The molecule has 0 spiro atoms. The van der Waals surface area contributed by atoms with E-state index in [1.165, 1.54) is 0 Å². The van der Waals surface area contributed by atoms with Gasteiger partial charge in [0.1, 0.15) is 5.82 Å². The predicted molar refractivity (Wildman–Crippen MR) is 85.0 cm³/mol. The smallest absolute Gasteiger partial charge is 0.135 e. The minimum absolute atomic E-state index is 0.863. The summed E-state index contributed by atoms with van der Waals surface area (Å²) in [6.07, 6.45) is 5.39. The standard InChI is InChI=1S/C17H16N4/c1-21(2)17-14(6-5-10-20-17)13-8-11-19-16(12-13)15-7-3-4-9-18-15/h3-12H,1-2H3. The Morgan fingerprint density at radius 1 is 0.762 bits per heavy atom. The van der Waals surface area contributed by atoms with Crippen LogP contribution in [0.25, 0.3) is 22.5 Å². The first-order chi connectivity index (χ1) is 10.3. The van der Waals surface area contributed by atoms with Gasteiger partial charge in [-0.05, 0) is 42.0 Å². The molecule has 0 atom stereocenters. The van der Waals surface area contributed by atoms with Crippen molar-refractivity contribution in [2.45, 2.75) is 0 Å². The lowest BCUT2D eigenvalue weighted by Gasteiger charge is -2.16. The second-order valence-electron chi connectivity index (χ2n) is 4.91. The van der Waals surface area contributed by atoms with E-state index in [4.69, 9.17) is 0 Å². The summed E-state index contributed by atoms with van der Waals surface area (Å²) in [5.41, 5.74) is 3.90. The third-order valence-electron chi connectivity index (χ3n) is 3.21. The lowest BCUT2D eigenvalue weighted by atomic mass is 10.1. The molecule has 0 radical (unpaired) electrons. The van der Waals surface area contributed by atoms with Crippen LogP contribution in [-0.2, 0) is 0 Å². The first kappa shape index (κ1) is 13.2. The maximum absolute atomic E-state index is 4.45. The molecular weight excluding hydrogens is 260 g/mol. The molecule has 3 heterocycles. The molecule has 0 aromatic carbocycles. The van der Waals surface area contributed by atoms with Crippen molar-refractivity contribution in [2.75, 3.05) is 19.0 Å². The largest absolute Gasteiger partial charge is 0.362 e. The van der Waals surface area contributed by atoms with Crippen molar-refractivity contribution in [1.82, 2.24) is 15.0 Å². The van der Waals surface area contributed by atoms with Crippen LogP contribution < -0.4 is 4.90 Å². The lowest BCUT2D eigenvalue weighted by molar-refractivity contribution is 1.07. The minimum atomic E-state index is 0.863. The number of aromatic nitrogens is 3. The van der Waals surface area contributed by atoms with Gasteiger partial charge in [0, 0.05) is 38.2 Å². The molecule has 0 N–H and O–H groups in total. The van der Waals surface area contributed by atoms with Crippen LogP contribution in [0.2, 0.25) is 0 Å². The maximum Gasteiger partial charge on any atom is 0.135 e. The molecule has 104 valence electrons. The molecule has 3 rings (SSSR count). The Labute approximate surface area is 124 Å². The minimum Gasteiger partial charge on any atom is -0.362 e. The normalized spacial score (nSPS) is 10.4. The molecule has 0 aliphatic heterocycles. The van der Waals surface area contributed by atoms with Gasteiger partial charge in [0.15, 0.2) is 0 Å². The number of anilines is 1. The van der Waals surface area contributed by atoms with Gasteiger partial charge in [-0.1, -0.05) is 6.07 Å². The molecule has 4 nitrogen and oxygen atoms in total. The van der Waals surface area contributed by atoms with Crippen LogP contribution in [0.4, 0.5) is 5.82 Å². The van der Waals surface area contributed by atoms with Crippen LogP contribution in [-0.4, -0.2) is 29.0 Å². The molecule has 0 unspecified atom stereocenters. The van der Waals surface area contributed by atoms with E-state index in [0.717, 1.165) is 28.3 Å². The molecule has 3 aromatic rings. The Balaban J connectivity index is 2.09. The summed E-state index contributed by atoms with van der Waals surface area (Å²) in [5, 5.41) is 0. The molecule has 21 heavy (non-hydrogen) atoms. The first-order valence-electron chi connectivity index (χ1n) is 6.76. The van der Waals surface area contributed by atoms with Crippen LogP contribution in [0.3, 0.4) is 0 Å². The summed E-state index contributed by atoms with van der Waals surface area (Å²) in [7, 11) is 3.99. The van der Waals surface area contributed by atoms with Crippen LogP contribution >= 0.6 is 0 Å². The van der Waals surface area contributed by atoms with E-state index in [0.29, 0.717) is 0 Å². The van der Waals surface area contributed by atoms with Gasteiger partial charge in [-0.3, -0.25) is 9.97 Å². The summed E-state index contributed by atoms with van der Waals surface area (Å²) < 4.78 is 0. The Kier molecular flexibility index (Phi) is 3.60. The third kappa shape index (κ3) is 2.74. The second-order valence-corrected chi connectivity index (χ2v) is 4.91. The molecule has 0 aliphatic rings. The number of nitrogens with zero attached hydrogens (tertiary/aromatic N) is 4. The third-order valence-corrected chi connectivity index (χ3v) is 3.21. The lowest BCUT2D eigenvalue weighted by Crippen LogP contribution is -2.11. The zero-order valence-corrected chi connectivity index (χ0v) is 12.1. The highest BCUT2D eigenvalue weighted by molar-refractivity contribution is 5.77. The number of hydrogen-bond acceptors (Lipinski definition) is 4. The molecule has 0 aliphatic carbocycles. The van der Waals surface area contributed by atoms with Gasteiger partial charge >= 0.3 is 0 Å². The molecule has 0 saturated carbocycles. The maximum atomic E-state index is 4.45. The van der Waals surface area contributed by atoms with E-state index in [2.05, 4.69) is 21.0 Å². The van der Waals surface area contributed by atoms with Crippen LogP contribution in [0.1, 0.15) is 0 Å². The highest BCUT2D eigenvalue weighted by Crippen LogP contribution is 2.29. The molecule has 0 bridgehead atoms. The van der Waals surface area contributed by atoms with E-state index in [-0.39, 0.29) is 0 Å². The van der Waals surface area contributed by atoms with Crippen LogP contribution in [0, 0.1) is 0 Å². The highest BCUT2D eigenvalue weighted by atomic mass is 15.1. The topological polar surface area (TPSA) is 41.9 Å². The monoisotopic (exact) mass is 276 g/mol. The van der Waals surface area contributed by atoms with Crippen LogP contribution in [0.15, 0.2) is 61.1 Å². The average molecular weight is 276 g/mol. The first-order valence-corrected chi connectivity index (χ1v) is 6.76. The van der Waals surface area contributed by atoms with Crippen molar-refractivity contribution >= 4 is 5.82 Å². The Morgan fingerprint density at radius 3 is 2.33 bits per heavy atom. The number of rotatable bonds is 3. The van der Waals surface area contributed by atoms with Gasteiger partial charge in [-0.25, -0.2) is 4.98 Å². The molecule has 0 fully saturated rings. The van der Waals surface area contributed by atoms with Gasteiger partial charge in [0.2, 0.25) is 0 Å². The summed E-state index contributed by atoms with van der Waals surface area (Å²) in [4.78, 5) is 15.2. The molecule has 4 heteroatoms. The van der Waals surface area contributed by atoms with E-state index in [1.54, 1.807) is 12.4 Å². The second kappa shape index (κ2) is 5.71. The molecular formula is C17H16N4. The van der Waals surface area contributed by atoms with Crippen molar-refractivity contribution in [2.24, 2.45) is 0 Å². The fourth-order valence-electron chi connectivity index (χ4n) is 2.23. The molecule has 0 saturated heterocycles. The van der Waals surface area contributed by atoms with E-state index < -0.39 is 0 Å². The van der Waals surface area contributed by atoms with Gasteiger partial charge in [0.05, 0.1) is 11.4 Å². The average Bonchev–Trinajstić information content (AvgIpc) is 2.56. The number of hydrogen-bond donors (Lipinski definition) is 0. The molecule has 3 aromatic heterocycles.